The predicted molar refractivity (Wildman–Crippen MR) is 69.7 cm³/mol. The number of nitrogens with one attached hydrogen (secondary N) is 1. The van der Waals surface area contributed by atoms with Crippen LogP contribution in [0.2, 0.25) is 0 Å². The smallest absolute Gasteiger partial charge is 0.0130 e. The molecule has 0 bridgehead atoms. The first-order valence-electron chi connectivity index (χ1n) is 6.42. The van der Waals surface area contributed by atoms with Gasteiger partial charge in [0, 0.05) is 6.04 Å². The minimum atomic E-state index is 0.705. The Morgan fingerprint density at radius 2 is 1.81 bits per heavy atom. The van der Waals surface area contributed by atoms with Crippen molar-refractivity contribution in [2.75, 3.05) is 7.05 Å². The molecule has 1 aliphatic rings. The summed E-state index contributed by atoms with van der Waals surface area (Å²) < 4.78 is 0. The highest BCUT2D eigenvalue weighted by Gasteiger charge is 2.46. The minimum absolute atomic E-state index is 0.705. The molecule has 1 heteroatoms. The second-order valence-electron chi connectivity index (χ2n) is 5.18. The van der Waals surface area contributed by atoms with Gasteiger partial charge in [0.25, 0.3) is 0 Å². The average Bonchev–Trinajstić information content (AvgIpc) is 2.29. The van der Waals surface area contributed by atoms with Crippen LogP contribution in [0, 0.1) is 18.8 Å². The van der Waals surface area contributed by atoms with E-state index < -0.39 is 0 Å². The maximum atomic E-state index is 3.46. The number of hydrogen-bond donors (Lipinski definition) is 1. The Kier molecular flexibility index (Phi) is 3.34. The molecule has 1 nitrogen and oxygen atoms in total. The minimum Gasteiger partial charge on any atom is -0.316 e. The van der Waals surface area contributed by atoms with Crippen LogP contribution in [-0.2, 0) is 0 Å². The van der Waals surface area contributed by atoms with Gasteiger partial charge in [0.1, 0.15) is 0 Å². The van der Waals surface area contributed by atoms with Crippen LogP contribution in [0.3, 0.4) is 0 Å². The van der Waals surface area contributed by atoms with Gasteiger partial charge in [-0.1, -0.05) is 50.1 Å². The van der Waals surface area contributed by atoms with E-state index in [2.05, 4.69) is 57.4 Å². The van der Waals surface area contributed by atoms with Crippen LogP contribution >= 0.6 is 0 Å². The summed E-state index contributed by atoms with van der Waals surface area (Å²) in [5, 5.41) is 3.46. The van der Waals surface area contributed by atoms with E-state index in [1.807, 2.05) is 0 Å². The van der Waals surface area contributed by atoms with Crippen LogP contribution in [0.15, 0.2) is 24.3 Å². The summed E-state index contributed by atoms with van der Waals surface area (Å²) in [5.74, 6) is 2.32. The molecule has 0 heterocycles. The molecular weight excluding hydrogens is 194 g/mol. The van der Waals surface area contributed by atoms with Crippen molar-refractivity contribution < 1.29 is 0 Å². The average molecular weight is 217 g/mol. The lowest BCUT2D eigenvalue weighted by Crippen LogP contribution is -2.54. The molecule has 4 unspecified atom stereocenters. The van der Waals surface area contributed by atoms with Gasteiger partial charge in [-0.15, -0.1) is 0 Å². The van der Waals surface area contributed by atoms with Crippen molar-refractivity contribution in [2.45, 2.75) is 39.2 Å². The first-order chi connectivity index (χ1) is 7.69. The third kappa shape index (κ3) is 1.78. The van der Waals surface area contributed by atoms with Gasteiger partial charge in [0.05, 0.1) is 0 Å². The molecule has 4 atom stereocenters. The molecule has 1 saturated carbocycles. The monoisotopic (exact) mass is 217 g/mol. The Bertz CT molecular complexity index is 341. The van der Waals surface area contributed by atoms with E-state index in [4.69, 9.17) is 0 Å². The molecule has 1 N–H and O–H groups in total. The largest absolute Gasteiger partial charge is 0.316 e. The van der Waals surface area contributed by atoms with Crippen molar-refractivity contribution in [3.05, 3.63) is 35.4 Å². The lowest BCUT2D eigenvalue weighted by Gasteiger charge is -2.51. The molecule has 0 aromatic heterocycles. The molecule has 0 aliphatic heterocycles. The van der Waals surface area contributed by atoms with Crippen LogP contribution in [-0.4, -0.2) is 13.1 Å². The molecule has 0 saturated heterocycles. The topological polar surface area (TPSA) is 12.0 Å². The molecule has 1 aromatic carbocycles. The highest BCUT2D eigenvalue weighted by molar-refractivity contribution is 5.29. The number of rotatable bonds is 3. The molecule has 16 heavy (non-hydrogen) atoms. The molecule has 0 spiro atoms. The summed E-state index contributed by atoms with van der Waals surface area (Å²) in [7, 11) is 2.09. The van der Waals surface area contributed by atoms with Gasteiger partial charge in [0.15, 0.2) is 0 Å². The second-order valence-corrected chi connectivity index (χ2v) is 5.18. The van der Waals surface area contributed by atoms with Crippen molar-refractivity contribution in [1.82, 2.24) is 5.32 Å². The maximum Gasteiger partial charge on any atom is 0.0130 e. The highest BCUT2D eigenvalue weighted by Crippen LogP contribution is 2.49. The van der Waals surface area contributed by atoms with E-state index in [1.54, 1.807) is 0 Å². The number of hydrogen-bond acceptors (Lipinski definition) is 1. The van der Waals surface area contributed by atoms with Gasteiger partial charge in [-0.2, -0.15) is 0 Å². The van der Waals surface area contributed by atoms with Gasteiger partial charge in [-0.05, 0) is 37.3 Å². The summed E-state index contributed by atoms with van der Waals surface area (Å²) >= 11 is 0. The van der Waals surface area contributed by atoms with Crippen LogP contribution < -0.4 is 5.32 Å². The molecule has 1 aromatic rings. The fraction of sp³-hybridized carbons (Fsp3) is 0.600. The zero-order chi connectivity index (χ0) is 11.7. The summed E-state index contributed by atoms with van der Waals surface area (Å²) in [6.45, 7) is 6.83. The van der Waals surface area contributed by atoms with Crippen molar-refractivity contribution in [3.8, 4) is 0 Å². The first-order valence-corrected chi connectivity index (χ1v) is 6.42. The third-order valence-corrected chi connectivity index (χ3v) is 4.32. The van der Waals surface area contributed by atoms with Crippen molar-refractivity contribution in [1.29, 1.82) is 0 Å². The number of benzene rings is 1. The Morgan fingerprint density at radius 1 is 1.19 bits per heavy atom. The molecule has 1 fully saturated rings. The SMILES string of the molecule is CCC1C(NC)C(C)C1c1ccc(C)cc1. The maximum absolute atomic E-state index is 3.46. The van der Waals surface area contributed by atoms with Gasteiger partial charge < -0.3 is 5.32 Å². The summed E-state index contributed by atoms with van der Waals surface area (Å²) in [6, 6.07) is 9.80. The Hall–Kier alpha value is -0.820. The molecule has 0 amide bonds. The summed E-state index contributed by atoms with van der Waals surface area (Å²) in [6.07, 6.45) is 1.27. The fourth-order valence-electron chi connectivity index (χ4n) is 3.41. The fourth-order valence-corrected chi connectivity index (χ4v) is 3.41. The van der Waals surface area contributed by atoms with Gasteiger partial charge in [0.2, 0.25) is 0 Å². The van der Waals surface area contributed by atoms with Crippen molar-refractivity contribution in [2.24, 2.45) is 11.8 Å². The van der Waals surface area contributed by atoms with E-state index in [1.165, 1.54) is 17.5 Å². The van der Waals surface area contributed by atoms with Crippen LogP contribution in [0.1, 0.15) is 37.3 Å². The van der Waals surface area contributed by atoms with E-state index >= 15 is 0 Å². The van der Waals surface area contributed by atoms with E-state index in [-0.39, 0.29) is 0 Å². The van der Waals surface area contributed by atoms with E-state index in [0.29, 0.717) is 6.04 Å². The quantitative estimate of drug-likeness (QED) is 0.819. The highest BCUT2D eigenvalue weighted by atomic mass is 14.9. The van der Waals surface area contributed by atoms with Crippen LogP contribution in [0.5, 0.6) is 0 Å². The lowest BCUT2D eigenvalue weighted by atomic mass is 9.58. The zero-order valence-electron chi connectivity index (χ0n) is 10.8. The van der Waals surface area contributed by atoms with E-state index in [9.17, 15) is 0 Å². The molecule has 0 radical (unpaired) electrons. The summed E-state index contributed by atoms with van der Waals surface area (Å²) in [5.41, 5.74) is 2.88. The van der Waals surface area contributed by atoms with E-state index in [0.717, 1.165) is 17.8 Å². The predicted octanol–water partition coefficient (Wildman–Crippen LogP) is 3.34. The van der Waals surface area contributed by atoms with Gasteiger partial charge in [-0.25, -0.2) is 0 Å². The lowest BCUT2D eigenvalue weighted by molar-refractivity contribution is 0.0847. The van der Waals surface area contributed by atoms with Gasteiger partial charge >= 0.3 is 0 Å². The zero-order valence-corrected chi connectivity index (χ0v) is 10.8. The molecule has 1 aliphatic carbocycles. The van der Waals surface area contributed by atoms with Crippen molar-refractivity contribution >= 4 is 0 Å². The Balaban J connectivity index is 2.18. The molecule has 88 valence electrons. The third-order valence-electron chi connectivity index (χ3n) is 4.32. The first kappa shape index (κ1) is 11.7. The Labute approximate surface area is 99.3 Å². The normalized spacial score (nSPS) is 33.5. The number of aryl methyl sites for hydroxylation is 1. The summed E-state index contributed by atoms with van der Waals surface area (Å²) in [4.78, 5) is 0. The standard InChI is InChI=1S/C15H23N/c1-5-13-14(11(3)15(13)16-4)12-8-6-10(2)7-9-12/h6-9,11,13-16H,5H2,1-4H3. The second kappa shape index (κ2) is 4.58. The van der Waals surface area contributed by atoms with Crippen molar-refractivity contribution in [3.63, 3.8) is 0 Å². The van der Waals surface area contributed by atoms with Crippen LogP contribution in [0.4, 0.5) is 0 Å². The molecule has 2 rings (SSSR count). The Morgan fingerprint density at radius 3 is 2.31 bits per heavy atom. The van der Waals surface area contributed by atoms with Gasteiger partial charge in [-0.3, -0.25) is 0 Å². The molecular formula is C15H23N. The van der Waals surface area contributed by atoms with Crippen LogP contribution in [0.25, 0.3) is 0 Å².